The lowest BCUT2D eigenvalue weighted by molar-refractivity contribution is -0.774. The standard InChI is InChI=1S/C32H37N7O10S2/c1-5-6-12-38-13-11-21(37(38)4)15-20-8-7-19-14-22(9-10-24(19)34-20)47-17-27(30(42)43)48-36-28(25-18-50-31(33)35-25)26(40)16-23-29(41)39(32(23,2)3)49-51(44,45)46/h7-11,13-14,18,23,27H,5-6,12,15-17H2,1-4H3,(H3-,33,35,42,43,44,45,46)/p+1/b36-28-/t23?,27-/m0/s1. The number of amides is 1. The number of β-lactam (4-membered cyclic amide) rings is 1. The van der Waals surface area contributed by atoms with Crippen LogP contribution < -0.4 is 15.2 Å². The van der Waals surface area contributed by atoms with Gasteiger partial charge < -0.3 is 20.4 Å². The molecule has 0 spiro atoms. The summed E-state index contributed by atoms with van der Waals surface area (Å²) in [6.07, 6.45) is 2.77. The predicted molar refractivity (Wildman–Crippen MR) is 183 cm³/mol. The summed E-state index contributed by atoms with van der Waals surface area (Å²) in [5.41, 5.74) is 6.73. The predicted octanol–water partition coefficient (Wildman–Crippen LogP) is 2.47. The number of hydroxylamine groups is 2. The minimum atomic E-state index is -4.99. The largest absolute Gasteiger partial charge is 0.489 e. The number of nitrogens with two attached hydrogens (primary N) is 1. The van der Waals surface area contributed by atoms with Crippen molar-refractivity contribution >= 4 is 61.1 Å². The zero-order chi connectivity index (χ0) is 37.1. The number of thiazole rings is 1. The smallest absolute Gasteiger partial charge is 0.418 e. The summed E-state index contributed by atoms with van der Waals surface area (Å²) < 4.78 is 45.7. The number of aromatic nitrogens is 4. The van der Waals surface area contributed by atoms with E-state index in [4.69, 9.17) is 24.8 Å². The Morgan fingerprint density at radius 1 is 1.20 bits per heavy atom. The number of Topliss-reactive ketones (excluding diaryl/α,β-unsaturated/α-hetero) is 1. The number of pyridine rings is 1. The Morgan fingerprint density at radius 2 is 1.96 bits per heavy atom. The van der Waals surface area contributed by atoms with Gasteiger partial charge in [0.05, 0.1) is 29.7 Å². The van der Waals surface area contributed by atoms with Crippen molar-refractivity contribution in [1.82, 2.24) is 19.7 Å². The SMILES string of the molecule is CCCC[n+]1ccc(Cc2ccc3cc(OC[C@H](O/N=C(\C(=O)CC4C(=O)N(OS(=O)(=O)O)C4(C)C)c4csc(N)n4)C(=O)O)ccc3n2)n1C. The zero-order valence-electron chi connectivity index (χ0n) is 28.3. The van der Waals surface area contributed by atoms with Crippen molar-refractivity contribution in [2.24, 2.45) is 18.1 Å². The van der Waals surface area contributed by atoms with Crippen molar-refractivity contribution in [2.45, 2.75) is 64.6 Å². The van der Waals surface area contributed by atoms with Gasteiger partial charge in [0.1, 0.15) is 18.1 Å². The van der Waals surface area contributed by atoms with E-state index in [1.807, 2.05) is 19.2 Å². The number of carboxylic acid groups (broad SMARTS) is 1. The van der Waals surface area contributed by atoms with Gasteiger partial charge in [0.15, 0.2) is 29.4 Å². The first-order chi connectivity index (χ1) is 24.1. The Balaban J connectivity index is 1.26. The minimum absolute atomic E-state index is 0.0209. The number of carboxylic acids is 1. The summed E-state index contributed by atoms with van der Waals surface area (Å²) in [5, 5.41) is 16.4. The van der Waals surface area contributed by atoms with E-state index in [0.717, 1.165) is 53.0 Å². The third-order valence-corrected chi connectivity index (χ3v) is 9.48. The fraction of sp³-hybridized carbons (Fsp3) is 0.406. The quantitative estimate of drug-likeness (QED) is 0.0465. The first kappa shape index (κ1) is 37.3. The molecule has 4 aromatic rings. The number of nitrogens with zero attached hydrogens (tertiary/aromatic N) is 6. The normalized spacial score (nSPS) is 16.6. The minimum Gasteiger partial charge on any atom is -0.489 e. The van der Waals surface area contributed by atoms with Gasteiger partial charge in [0.25, 0.3) is 12.0 Å². The molecule has 272 valence electrons. The van der Waals surface area contributed by atoms with Crippen molar-refractivity contribution < 1.29 is 51.0 Å². The number of benzene rings is 1. The van der Waals surface area contributed by atoms with E-state index in [1.54, 1.807) is 18.2 Å². The highest BCUT2D eigenvalue weighted by molar-refractivity contribution is 7.80. The average molecular weight is 745 g/mol. The molecule has 19 heteroatoms. The number of oxime groups is 1. The van der Waals surface area contributed by atoms with E-state index in [1.165, 1.54) is 19.2 Å². The van der Waals surface area contributed by atoms with Gasteiger partial charge in [-0.2, -0.15) is 18.2 Å². The molecule has 1 aromatic carbocycles. The lowest BCUT2D eigenvalue weighted by Gasteiger charge is -2.50. The van der Waals surface area contributed by atoms with Crippen LogP contribution in [0.4, 0.5) is 5.13 Å². The zero-order valence-corrected chi connectivity index (χ0v) is 29.9. The van der Waals surface area contributed by atoms with E-state index in [2.05, 4.69) is 43.0 Å². The molecule has 17 nitrogen and oxygen atoms in total. The van der Waals surface area contributed by atoms with Crippen molar-refractivity contribution in [3.8, 4) is 5.75 Å². The Labute approximate surface area is 297 Å². The molecule has 1 amide bonds. The number of hydrogen-bond donors (Lipinski definition) is 3. The first-order valence-electron chi connectivity index (χ1n) is 15.9. The van der Waals surface area contributed by atoms with Gasteiger partial charge >= 0.3 is 16.4 Å². The molecule has 5 rings (SSSR count). The molecule has 0 radical (unpaired) electrons. The van der Waals surface area contributed by atoms with E-state index in [-0.39, 0.29) is 10.8 Å². The van der Waals surface area contributed by atoms with Gasteiger partial charge in [-0.1, -0.05) is 24.6 Å². The van der Waals surface area contributed by atoms with Crippen LogP contribution in [0.5, 0.6) is 5.75 Å². The van der Waals surface area contributed by atoms with Gasteiger partial charge in [-0.25, -0.2) is 9.78 Å². The summed E-state index contributed by atoms with van der Waals surface area (Å²) in [6, 6.07) is 11.1. The molecule has 3 aromatic heterocycles. The highest BCUT2D eigenvalue weighted by atomic mass is 32.3. The van der Waals surface area contributed by atoms with Crippen LogP contribution in [0.25, 0.3) is 10.9 Å². The first-order valence-corrected chi connectivity index (χ1v) is 18.1. The number of unbranched alkanes of at least 4 members (excludes halogenated alkanes) is 1. The second-order valence-electron chi connectivity index (χ2n) is 12.4. The van der Waals surface area contributed by atoms with Crippen LogP contribution in [0.3, 0.4) is 0 Å². The number of hydrogen-bond acceptors (Lipinski definition) is 13. The molecule has 1 saturated heterocycles. The van der Waals surface area contributed by atoms with Crippen molar-refractivity contribution in [2.75, 3.05) is 12.3 Å². The van der Waals surface area contributed by atoms with Crippen LogP contribution in [-0.2, 0) is 53.9 Å². The van der Waals surface area contributed by atoms with E-state index in [9.17, 15) is 27.9 Å². The number of carbonyl (C=O) groups is 3. The summed E-state index contributed by atoms with van der Waals surface area (Å²) in [6.45, 7) is 5.48. The number of nitrogen functional groups attached to an aromatic ring is 1. The molecule has 1 aliphatic rings. The number of anilines is 1. The molecule has 1 unspecified atom stereocenters. The van der Waals surface area contributed by atoms with Crippen molar-refractivity contribution in [1.29, 1.82) is 0 Å². The molecule has 0 bridgehead atoms. The highest BCUT2D eigenvalue weighted by Gasteiger charge is 2.57. The molecular weight excluding hydrogens is 707 g/mol. The molecule has 2 atom stereocenters. The molecular formula is C32H38N7O10S2+. The van der Waals surface area contributed by atoms with Crippen LogP contribution in [0.1, 0.15) is 57.1 Å². The molecule has 4 heterocycles. The monoisotopic (exact) mass is 744 g/mol. The van der Waals surface area contributed by atoms with Crippen LogP contribution in [0.15, 0.2) is 53.1 Å². The van der Waals surface area contributed by atoms with Crippen LogP contribution in [-0.4, -0.2) is 79.4 Å². The number of aryl methyl sites for hydroxylation is 1. The van der Waals surface area contributed by atoms with Gasteiger partial charge in [0, 0.05) is 41.8 Å². The number of ether oxygens (including phenoxy) is 1. The second-order valence-corrected chi connectivity index (χ2v) is 14.3. The maximum atomic E-state index is 13.4. The Hall–Kier alpha value is -4.98. The Morgan fingerprint density at radius 3 is 2.61 bits per heavy atom. The molecule has 4 N–H and O–H groups in total. The molecule has 0 aliphatic carbocycles. The molecule has 1 aliphatic heterocycles. The number of aliphatic carboxylic acids is 1. The Kier molecular flexibility index (Phi) is 11.0. The van der Waals surface area contributed by atoms with E-state index in [0.29, 0.717) is 17.2 Å². The topological polar surface area (TPSA) is 230 Å². The molecule has 0 saturated carbocycles. The van der Waals surface area contributed by atoms with Gasteiger partial charge in [-0.15, -0.1) is 20.3 Å². The van der Waals surface area contributed by atoms with Crippen molar-refractivity contribution in [3.05, 3.63) is 65.1 Å². The summed E-state index contributed by atoms with van der Waals surface area (Å²) in [7, 11) is -2.96. The number of rotatable bonds is 17. The van der Waals surface area contributed by atoms with Crippen LogP contribution >= 0.6 is 11.3 Å². The van der Waals surface area contributed by atoms with Gasteiger partial charge in [-0.3, -0.25) is 19.1 Å². The Bertz CT molecular complexity index is 2090. The second kappa shape index (κ2) is 15.1. The average Bonchev–Trinajstić information content (AvgIpc) is 3.66. The third kappa shape index (κ3) is 8.67. The highest BCUT2D eigenvalue weighted by Crippen LogP contribution is 2.40. The van der Waals surface area contributed by atoms with E-state index >= 15 is 0 Å². The number of fused-ring (bicyclic) bond motifs is 1. The van der Waals surface area contributed by atoms with Crippen molar-refractivity contribution in [3.63, 3.8) is 0 Å². The molecule has 51 heavy (non-hydrogen) atoms. The number of carbonyl (C=O) groups excluding carboxylic acids is 2. The van der Waals surface area contributed by atoms with Crippen LogP contribution in [0, 0.1) is 5.92 Å². The lowest BCUT2D eigenvalue weighted by atomic mass is 9.74. The number of ketones is 1. The summed E-state index contributed by atoms with van der Waals surface area (Å²) in [5.74, 6) is -3.81. The summed E-state index contributed by atoms with van der Waals surface area (Å²) >= 11 is 0.990. The molecule has 1 fully saturated rings. The lowest BCUT2D eigenvalue weighted by Crippen LogP contribution is -2.68. The van der Waals surface area contributed by atoms with Gasteiger partial charge in [0.2, 0.25) is 0 Å². The summed E-state index contributed by atoms with van der Waals surface area (Å²) in [4.78, 5) is 52.2. The fourth-order valence-corrected chi connectivity index (χ4v) is 6.51. The van der Waals surface area contributed by atoms with E-state index < -0.39 is 64.4 Å². The third-order valence-electron chi connectivity index (χ3n) is 8.47. The van der Waals surface area contributed by atoms with Crippen LogP contribution in [0.2, 0.25) is 0 Å². The maximum Gasteiger partial charge on any atom is 0.418 e. The fourth-order valence-electron chi connectivity index (χ4n) is 5.50. The van der Waals surface area contributed by atoms with Gasteiger partial charge in [-0.05, 0) is 38.1 Å². The maximum absolute atomic E-state index is 13.4.